The van der Waals surface area contributed by atoms with Crippen LogP contribution in [0.15, 0.2) is 60.0 Å². The van der Waals surface area contributed by atoms with Crippen molar-refractivity contribution in [3.05, 3.63) is 71.9 Å². The van der Waals surface area contributed by atoms with Crippen molar-refractivity contribution in [2.75, 3.05) is 5.32 Å². The summed E-state index contributed by atoms with van der Waals surface area (Å²) < 4.78 is 1.94. The van der Waals surface area contributed by atoms with E-state index in [-0.39, 0.29) is 0 Å². The van der Waals surface area contributed by atoms with Crippen molar-refractivity contribution in [2.45, 2.75) is 39.7 Å². The van der Waals surface area contributed by atoms with Crippen molar-refractivity contribution in [3.63, 3.8) is 0 Å². The Morgan fingerprint density at radius 2 is 1.96 bits per heavy atom. The molecular weight excluding hydrogens is 336 g/mol. The molecule has 3 N–H and O–H groups in total. The third kappa shape index (κ3) is 4.73. The van der Waals surface area contributed by atoms with E-state index in [0.29, 0.717) is 18.4 Å². The molecule has 27 heavy (non-hydrogen) atoms. The number of guanidine groups is 1. The van der Waals surface area contributed by atoms with Gasteiger partial charge < -0.3 is 11.1 Å². The number of benzene rings is 1. The van der Waals surface area contributed by atoms with Crippen LogP contribution in [0, 0.1) is 6.92 Å². The monoisotopic (exact) mass is 362 g/mol. The fraction of sp³-hybridized carbons (Fsp3) is 0.286. The largest absolute Gasteiger partial charge is 0.370 e. The van der Waals surface area contributed by atoms with E-state index in [1.54, 1.807) is 6.20 Å². The molecule has 6 heteroatoms. The lowest BCUT2D eigenvalue weighted by atomic mass is 9.99. The van der Waals surface area contributed by atoms with Crippen molar-refractivity contribution in [3.8, 4) is 5.82 Å². The molecule has 2 heterocycles. The van der Waals surface area contributed by atoms with Crippen molar-refractivity contribution >= 4 is 11.6 Å². The van der Waals surface area contributed by atoms with Crippen LogP contribution in [0.2, 0.25) is 0 Å². The molecule has 0 aliphatic carbocycles. The third-order valence-electron chi connectivity index (χ3n) is 4.68. The second-order valence-corrected chi connectivity index (χ2v) is 6.63. The standard InChI is InChI=1S/C21H26N6/c1-4-15(2)18-6-8-19(9-7-18)26-21(22)25-14-17-5-10-20(24-13-17)27-12-11-23-16(27)3/h5-13,15H,4,14H2,1-3H3,(H3,22,25,26). The van der Waals surface area contributed by atoms with Gasteiger partial charge in [0.05, 0.1) is 6.54 Å². The number of nitrogens with one attached hydrogen (secondary N) is 1. The molecule has 140 valence electrons. The minimum absolute atomic E-state index is 0.390. The zero-order chi connectivity index (χ0) is 19.2. The molecule has 0 fully saturated rings. The molecule has 3 aromatic rings. The number of hydrogen-bond acceptors (Lipinski definition) is 3. The van der Waals surface area contributed by atoms with Gasteiger partial charge in [-0.2, -0.15) is 0 Å². The van der Waals surface area contributed by atoms with E-state index in [1.807, 2.05) is 48.1 Å². The number of pyridine rings is 1. The first-order valence-electron chi connectivity index (χ1n) is 9.19. The van der Waals surface area contributed by atoms with Crippen LogP contribution in [0.3, 0.4) is 0 Å². The molecule has 1 unspecified atom stereocenters. The predicted octanol–water partition coefficient (Wildman–Crippen LogP) is 4.02. The maximum atomic E-state index is 6.01. The van der Waals surface area contributed by atoms with Crippen LogP contribution in [0.4, 0.5) is 5.69 Å². The van der Waals surface area contributed by atoms with Crippen LogP contribution in [-0.2, 0) is 6.54 Å². The summed E-state index contributed by atoms with van der Waals surface area (Å²) in [5.74, 6) is 2.69. The molecular formula is C21H26N6. The van der Waals surface area contributed by atoms with E-state index >= 15 is 0 Å². The van der Waals surface area contributed by atoms with E-state index in [4.69, 9.17) is 5.73 Å². The fourth-order valence-corrected chi connectivity index (χ4v) is 2.77. The van der Waals surface area contributed by atoms with Crippen LogP contribution in [0.1, 0.15) is 43.1 Å². The highest BCUT2D eigenvalue weighted by molar-refractivity contribution is 5.92. The summed E-state index contributed by atoms with van der Waals surface area (Å²) in [6.07, 6.45) is 6.59. The highest BCUT2D eigenvalue weighted by atomic mass is 15.1. The number of anilines is 1. The molecule has 0 aliphatic heterocycles. The molecule has 0 bridgehead atoms. The predicted molar refractivity (Wildman–Crippen MR) is 110 cm³/mol. The minimum Gasteiger partial charge on any atom is -0.370 e. The van der Waals surface area contributed by atoms with Gasteiger partial charge in [0.2, 0.25) is 0 Å². The quantitative estimate of drug-likeness (QED) is 0.513. The maximum Gasteiger partial charge on any atom is 0.193 e. The Morgan fingerprint density at radius 1 is 1.19 bits per heavy atom. The number of imidazole rings is 1. The van der Waals surface area contributed by atoms with Crippen molar-refractivity contribution < 1.29 is 0 Å². The zero-order valence-corrected chi connectivity index (χ0v) is 16.1. The van der Waals surface area contributed by atoms with Gasteiger partial charge in [0, 0.05) is 24.3 Å². The summed E-state index contributed by atoms with van der Waals surface area (Å²) in [5, 5.41) is 3.13. The Hall–Kier alpha value is -3.15. The number of aromatic nitrogens is 3. The highest BCUT2D eigenvalue weighted by Crippen LogP contribution is 2.20. The van der Waals surface area contributed by atoms with Gasteiger partial charge in [-0.1, -0.05) is 32.0 Å². The Balaban J connectivity index is 1.59. The smallest absolute Gasteiger partial charge is 0.193 e. The Morgan fingerprint density at radius 3 is 2.56 bits per heavy atom. The van der Waals surface area contributed by atoms with Gasteiger partial charge in [-0.15, -0.1) is 0 Å². The van der Waals surface area contributed by atoms with Crippen molar-refractivity contribution in [2.24, 2.45) is 10.7 Å². The molecule has 1 aromatic carbocycles. The highest BCUT2D eigenvalue weighted by Gasteiger charge is 2.04. The molecule has 0 saturated heterocycles. The summed E-state index contributed by atoms with van der Waals surface area (Å²) in [6, 6.07) is 12.3. The molecule has 2 aromatic heterocycles. The number of nitrogens with zero attached hydrogens (tertiary/aromatic N) is 4. The van der Waals surface area contributed by atoms with Gasteiger partial charge in [0.1, 0.15) is 11.6 Å². The molecule has 0 saturated carbocycles. The van der Waals surface area contributed by atoms with Gasteiger partial charge in [0.15, 0.2) is 5.96 Å². The van der Waals surface area contributed by atoms with Gasteiger partial charge in [0.25, 0.3) is 0 Å². The van der Waals surface area contributed by atoms with E-state index in [2.05, 4.69) is 46.3 Å². The lowest BCUT2D eigenvalue weighted by Crippen LogP contribution is -2.22. The SMILES string of the molecule is CCC(C)c1ccc(NC(N)=NCc2ccc(-n3ccnc3C)nc2)cc1. The first kappa shape index (κ1) is 18.6. The lowest BCUT2D eigenvalue weighted by Gasteiger charge is -2.11. The van der Waals surface area contributed by atoms with Crippen LogP contribution in [-0.4, -0.2) is 20.5 Å². The van der Waals surface area contributed by atoms with Crippen LogP contribution < -0.4 is 11.1 Å². The summed E-state index contributed by atoms with van der Waals surface area (Å²) >= 11 is 0. The van der Waals surface area contributed by atoms with E-state index in [1.165, 1.54) is 5.56 Å². The number of hydrogen-bond donors (Lipinski definition) is 2. The summed E-state index contributed by atoms with van der Waals surface area (Å²) in [6.45, 7) is 6.84. The number of aryl methyl sites for hydroxylation is 1. The second-order valence-electron chi connectivity index (χ2n) is 6.63. The number of rotatable bonds is 6. The normalized spacial score (nSPS) is 12.8. The lowest BCUT2D eigenvalue weighted by molar-refractivity contribution is 0.734. The van der Waals surface area contributed by atoms with Gasteiger partial charge in [-0.05, 0) is 48.6 Å². The van der Waals surface area contributed by atoms with Crippen molar-refractivity contribution in [1.82, 2.24) is 14.5 Å². The summed E-state index contributed by atoms with van der Waals surface area (Å²) in [4.78, 5) is 13.1. The average molecular weight is 362 g/mol. The van der Waals surface area contributed by atoms with Crippen LogP contribution in [0.25, 0.3) is 5.82 Å². The van der Waals surface area contributed by atoms with E-state index in [0.717, 1.165) is 29.3 Å². The van der Waals surface area contributed by atoms with Crippen LogP contribution >= 0.6 is 0 Å². The molecule has 0 aliphatic rings. The van der Waals surface area contributed by atoms with Gasteiger partial charge in [-0.3, -0.25) is 4.57 Å². The Labute approximate surface area is 160 Å². The molecule has 0 spiro atoms. The Kier molecular flexibility index (Phi) is 5.86. The third-order valence-corrected chi connectivity index (χ3v) is 4.68. The van der Waals surface area contributed by atoms with Gasteiger partial charge >= 0.3 is 0 Å². The molecule has 0 radical (unpaired) electrons. The number of aliphatic imine (C=N–C) groups is 1. The summed E-state index contributed by atoms with van der Waals surface area (Å²) in [7, 11) is 0. The van der Waals surface area contributed by atoms with Crippen molar-refractivity contribution in [1.29, 1.82) is 0 Å². The molecule has 1 atom stereocenters. The first-order chi connectivity index (χ1) is 13.1. The number of nitrogens with two attached hydrogens (primary N) is 1. The molecule has 3 rings (SSSR count). The summed E-state index contributed by atoms with van der Waals surface area (Å²) in [5.41, 5.74) is 9.27. The Bertz CT molecular complexity index is 893. The fourth-order valence-electron chi connectivity index (χ4n) is 2.77. The average Bonchev–Trinajstić information content (AvgIpc) is 3.12. The second kappa shape index (κ2) is 8.49. The molecule has 0 amide bonds. The maximum absolute atomic E-state index is 6.01. The first-order valence-corrected chi connectivity index (χ1v) is 9.19. The van der Waals surface area contributed by atoms with Crippen LogP contribution in [0.5, 0.6) is 0 Å². The molecule has 6 nitrogen and oxygen atoms in total. The van der Waals surface area contributed by atoms with E-state index < -0.39 is 0 Å². The zero-order valence-electron chi connectivity index (χ0n) is 16.1. The van der Waals surface area contributed by atoms with Gasteiger partial charge in [-0.25, -0.2) is 15.0 Å². The topological polar surface area (TPSA) is 81.1 Å². The minimum atomic E-state index is 0.390. The van der Waals surface area contributed by atoms with E-state index in [9.17, 15) is 0 Å².